The number of benzene rings is 1. The van der Waals surface area contributed by atoms with Crippen molar-refractivity contribution in [3.05, 3.63) is 35.7 Å². The summed E-state index contributed by atoms with van der Waals surface area (Å²) in [6.07, 6.45) is 2.47. The molecule has 1 aromatic carbocycles. The van der Waals surface area contributed by atoms with Gasteiger partial charge in [0.05, 0.1) is 0 Å². The van der Waals surface area contributed by atoms with Gasteiger partial charge in [0.2, 0.25) is 0 Å². The van der Waals surface area contributed by atoms with Gasteiger partial charge in [-0.05, 0) is 38.9 Å². The van der Waals surface area contributed by atoms with E-state index in [2.05, 4.69) is 20.4 Å². The molecule has 0 saturated carbocycles. The highest BCUT2D eigenvalue weighted by molar-refractivity contribution is 5.90. The minimum atomic E-state index is -0.355. The number of likely N-dealkylation sites (tertiary alicyclic amines) is 1. The summed E-state index contributed by atoms with van der Waals surface area (Å²) in [5, 5.41) is 11.6. The average molecular weight is 340 g/mol. The van der Waals surface area contributed by atoms with Gasteiger partial charge in [-0.2, -0.15) is 0 Å². The molecule has 1 amide bonds. The molecule has 7 nitrogen and oxygen atoms in total. The van der Waals surface area contributed by atoms with Crippen molar-refractivity contribution in [1.29, 1.82) is 0 Å². The zero-order valence-electron chi connectivity index (χ0n) is 14.1. The van der Waals surface area contributed by atoms with E-state index in [0.29, 0.717) is 12.3 Å². The Hall–Kier alpha value is -2.67. The highest BCUT2D eigenvalue weighted by Crippen LogP contribution is 2.31. The number of carbonyl (C=O) groups excluding carboxylic acids is 1. The van der Waals surface area contributed by atoms with E-state index in [-0.39, 0.29) is 17.7 Å². The second-order valence-corrected chi connectivity index (χ2v) is 6.27. The molecule has 0 spiro atoms. The molecule has 0 aliphatic carbocycles. The zero-order valence-corrected chi connectivity index (χ0v) is 14.1. The molecule has 1 aliphatic heterocycles. The standard InChI is InChI=1S/C18H20N4O3/c1-12-13-6-2-3-7-14(13)24-15(12)17-20-21-18(25-17)16(23)19-8-11-22-9-4-5-10-22/h2-3,6-7H,4-5,8-11H2,1H3,(H,19,23). The number of aryl methyl sites for hydroxylation is 1. The van der Waals surface area contributed by atoms with E-state index in [0.717, 1.165) is 36.2 Å². The highest BCUT2D eigenvalue weighted by Gasteiger charge is 2.21. The number of hydrogen-bond acceptors (Lipinski definition) is 6. The third-order valence-corrected chi connectivity index (χ3v) is 4.57. The fourth-order valence-corrected chi connectivity index (χ4v) is 3.19. The first-order chi connectivity index (χ1) is 12.2. The van der Waals surface area contributed by atoms with Crippen molar-refractivity contribution in [3.63, 3.8) is 0 Å². The monoisotopic (exact) mass is 340 g/mol. The molecule has 25 heavy (non-hydrogen) atoms. The van der Waals surface area contributed by atoms with E-state index in [1.165, 1.54) is 12.8 Å². The maximum absolute atomic E-state index is 12.2. The molecule has 3 aromatic rings. The van der Waals surface area contributed by atoms with Crippen molar-refractivity contribution < 1.29 is 13.6 Å². The molecule has 130 valence electrons. The van der Waals surface area contributed by atoms with Crippen LogP contribution in [0.15, 0.2) is 33.1 Å². The zero-order chi connectivity index (χ0) is 17.2. The van der Waals surface area contributed by atoms with Gasteiger partial charge in [0.1, 0.15) is 5.58 Å². The van der Waals surface area contributed by atoms with Crippen molar-refractivity contribution in [1.82, 2.24) is 20.4 Å². The maximum atomic E-state index is 12.2. The van der Waals surface area contributed by atoms with Crippen molar-refractivity contribution >= 4 is 16.9 Å². The largest absolute Gasteiger partial charge is 0.451 e. The van der Waals surface area contributed by atoms with Crippen LogP contribution in [0.1, 0.15) is 29.1 Å². The lowest BCUT2D eigenvalue weighted by atomic mass is 10.1. The number of amides is 1. The van der Waals surface area contributed by atoms with Crippen LogP contribution in [-0.4, -0.2) is 47.2 Å². The number of rotatable bonds is 5. The first-order valence-corrected chi connectivity index (χ1v) is 8.55. The normalized spacial score (nSPS) is 15.1. The van der Waals surface area contributed by atoms with Crippen LogP contribution in [0, 0.1) is 6.92 Å². The van der Waals surface area contributed by atoms with Gasteiger partial charge in [-0.3, -0.25) is 4.79 Å². The summed E-state index contributed by atoms with van der Waals surface area (Å²) in [5.41, 5.74) is 1.67. The van der Waals surface area contributed by atoms with Crippen molar-refractivity contribution in [2.24, 2.45) is 0 Å². The number of nitrogens with zero attached hydrogens (tertiary/aromatic N) is 3. The summed E-state index contributed by atoms with van der Waals surface area (Å²) in [5.74, 6) is 0.325. The molecule has 1 fully saturated rings. The smallest absolute Gasteiger partial charge is 0.308 e. The number of carbonyl (C=O) groups is 1. The SMILES string of the molecule is Cc1c(-c2nnc(C(=O)NCCN3CCCC3)o2)oc2ccccc12. The van der Waals surface area contributed by atoms with Crippen molar-refractivity contribution in [3.8, 4) is 11.7 Å². The molecule has 0 bridgehead atoms. The van der Waals surface area contributed by atoms with E-state index in [1.54, 1.807) is 0 Å². The van der Waals surface area contributed by atoms with Gasteiger partial charge < -0.3 is 19.1 Å². The maximum Gasteiger partial charge on any atom is 0.308 e. The van der Waals surface area contributed by atoms with Crippen LogP contribution in [0.2, 0.25) is 0 Å². The molecule has 1 aliphatic rings. The van der Waals surface area contributed by atoms with Gasteiger partial charge >= 0.3 is 11.8 Å². The number of hydrogen-bond donors (Lipinski definition) is 1. The Bertz CT molecular complexity index is 893. The van der Waals surface area contributed by atoms with Gasteiger partial charge in [0, 0.05) is 24.0 Å². The van der Waals surface area contributed by atoms with E-state index in [9.17, 15) is 4.79 Å². The second-order valence-electron chi connectivity index (χ2n) is 6.27. The summed E-state index contributed by atoms with van der Waals surface area (Å²) < 4.78 is 11.3. The number of fused-ring (bicyclic) bond motifs is 1. The fourth-order valence-electron chi connectivity index (χ4n) is 3.19. The summed E-state index contributed by atoms with van der Waals surface area (Å²) >= 11 is 0. The molecule has 3 heterocycles. The van der Waals surface area contributed by atoms with Crippen LogP contribution in [-0.2, 0) is 0 Å². The summed E-state index contributed by atoms with van der Waals surface area (Å²) in [6, 6.07) is 7.71. The van der Waals surface area contributed by atoms with E-state index >= 15 is 0 Å². The van der Waals surface area contributed by atoms with Gasteiger partial charge in [-0.25, -0.2) is 0 Å². The Morgan fingerprint density at radius 3 is 2.80 bits per heavy atom. The molecule has 2 aromatic heterocycles. The molecule has 1 saturated heterocycles. The number of aromatic nitrogens is 2. The van der Waals surface area contributed by atoms with Crippen LogP contribution in [0.3, 0.4) is 0 Å². The average Bonchev–Trinajstić information content (AvgIpc) is 3.35. The predicted octanol–water partition coefficient (Wildman–Crippen LogP) is 2.62. The summed E-state index contributed by atoms with van der Waals surface area (Å²) in [4.78, 5) is 14.5. The van der Waals surface area contributed by atoms with Gasteiger partial charge in [0.25, 0.3) is 5.89 Å². The van der Waals surface area contributed by atoms with E-state index in [4.69, 9.17) is 8.83 Å². The minimum Gasteiger partial charge on any atom is -0.451 e. The Labute approximate surface area is 145 Å². The Morgan fingerprint density at radius 2 is 2.00 bits per heavy atom. The summed E-state index contributed by atoms with van der Waals surface area (Å²) in [6.45, 7) is 5.55. The van der Waals surface area contributed by atoms with Crippen LogP contribution in [0.4, 0.5) is 0 Å². The van der Waals surface area contributed by atoms with Crippen LogP contribution in [0.5, 0.6) is 0 Å². The second kappa shape index (κ2) is 6.68. The number of para-hydroxylation sites is 1. The Morgan fingerprint density at radius 1 is 1.20 bits per heavy atom. The molecule has 4 rings (SSSR count). The lowest BCUT2D eigenvalue weighted by Crippen LogP contribution is -2.33. The van der Waals surface area contributed by atoms with Crippen LogP contribution >= 0.6 is 0 Å². The quantitative estimate of drug-likeness (QED) is 0.768. The molecule has 0 unspecified atom stereocenters. The topological polar surface area (TPSA) is 84.4 Å². The van der Waals surface area contributed by atoms with Crippen LogP contribution in [0.25, 0.3) is 22.6 Å². The minimum absolute atomic E-state index is 0.0451. The summed E-state index contributed by atoms with van der Waals surface area (Å²) in [7, 11) is 0. The van der Waals surface area contributed by atoms with Crippen molar-refractivity contribution in [2.45, 2.75) is 19.8 Å². The fraction of sp³-hybridized carbons (Fsp3) is 0.389. The lowest BCUT2D eigenvalue weighted by molar-refractivity contribution is 0.0915. The van der Waals surface area contributed by atoms with Crippen LogP contribution < -0.4 is 5.32 Å². The van der Waals surface area contributed by atoms with Gasteiger partial charge in [-0.1, -0.05) is 18.2 Å². The predicted molar refractivity (Wildman–Crippen MR) is 92.3 cm³/mol. The first-order valence-electron chi connectivity index (χ1n) is 8.55. The third kappa shape index (κ3) is 3.15. The molecule has 0 atom stereocenters. The number of furan rings is 1. The van der Waals surface area contributed by atoms with E-state index in [1.807, 2.05) is 31.2 Å². The molecular formula is C18H20N4O3. The molecule has 1 N–H and O–H groups in total. The highest BCUT2D eigenvalue weighted by atomic mass is 16.4. The molecular weight excluding hydrogens is 320 g/mol. The van der Waals surface area contributed by atoms with Gasteiger partial charge in [-0.15, -0.1) is 10.2 Å². The third-order valence-electron chi connectivity index (χ3n) is 4.57. The Kier molecular flexibility index (Phi) is 4.23. The number of nitrogens with one attached hydrogen (secondary N) is 1. The first kappa shape index (κ1) is 15.8. The lowest BCUT2D eigenvalue weighted by Gasteiger charge is -2.13. The van der Waals surface area contributed by atoms with Gasteiger partial charge in [0.15, 0.2) is 5.76 Å². The van der Waals surface area contributed by atoms with E-state index < -0.39 is 0 Å². The molecule has 0 radical (unpaired) electrons. The molecule has 7 heteroatoms. The van der Waals surface area contributed by atoms with Crippen molar-refractivity contribution in [2.75, 3.05) is 26.2 Å². The Balaban J connectivity index is 1.45.